The van der Waals surface area contributed by atoms with Gasteiger partial charge in [0.1, 0.15) is 12.4 Å². The van der Waals surface area contributed by atoms with Crippen molar-refractivity contribution in [3.05, 3.63) is 96.7 Å². The van der Waals surface area contributed by atoms with Crippen molar-refractivity contribution in [2.45, 2.75) is 51.4 Å². The molecule has 7 nitrogen and oxygen atoms in total. The van der Waals surface area contributed by atoms with Crippen LogP contribution in [0.25, 0.3) is 16.8 Å². The zero-order valence-electron chi connectivity index (χ0n) is 20.9. The largest absolute Gasteiger partial charge is 0.406 e. The van der Waals surface area contributed by atoms with Crippen LogP contribution in [0, 0.1) is 19.7 Å². The number of benzene rings is 1. The van der Waals surface area contributed by atoms with Gasteiger partial charge in [-0.15, -0.1) is 0 Å². The molecule has 5 rings (SSSR count). The minimum Gasteiger partial charge on any atom is -0.373 e. The average Bonchev–Trinajstić information content (AvgIpc) is 2.88. The van der Waals surface area contributed by atoms with Crippen molar-refractivity contribution in [3.63, 3.8) is 0 Å². The van der Waals surface area contributed by atoms with Gasteiger partial charge in [-0.05, 0) is 62.6 Å². The number of halogens is 5. The number of ether oxygens (including phenoxy) is 1. The molecule has 0 aliphatic carbocycles. The third-order valence-corrected chi connectivity index (χ3v) is 7.17. The summed E-state index contributed by atoms with van der Waals surface area (Å²) in [6.45, 7) is 2.17. The van der Waals surface area contributed by atoms with E-state index in [9.17, 15) is 22.8 Å². The molecule has 0 spiro atoms. The van der Waals surface area contributed by atoms with E-state index in [-0.39, 0.29) is 28.8 Å². The number of nitrogens with zero attached hydrogens (tertiary/aromatic N) is 4. The number of pyridine rings is 1. The third kappa shape index (κ3) is 5.46. The lowest BCUT2D eigenvalue weighted by Gasteiger charge is -2.30. The van der Waals surface area contributed by atoms with Crippen LogP contribution in [0.5, 0.6) is 0 Å². The lowest BCUT2D eigenvalue weighted by atomic mass is 9.89. The second-order valence-corrected chi connectivity index (χ2v) is 10.0. The highest BCUT2D eigenvalue weighted by Crippen LogP contribution is 2.38. The van der Waals surface area contributed by atoms with Crippen LogP contribution in [-0.2, 0) is 11.3 Å². The molecular weight excluding hydrogens is 540 g/mol. The Labute approximate surface area is 224 Å². The van der Waals surface area contributed by atoms with Gasteiger partial charge in [-0.2, -0.15) is 22.8 Å². The number of alkyl halides is 3. The average molecular weight is 563 g/mol. The van der Waals surface area contributed by atoms with Crippen LogP contribution in [0.3, 0.4) is 0 Å². The van der Waals surface area contributed by atoms with E-state index >= 15 is 4.39 Å². The van der Waals surface area contributed by atoms with E-state index in [1.807, 2.05) is 0 Å². The van der Waals surface area contributed by atoms with Crippen molar-refractivity contribution in [1.29, 1.82) is 0 Å². The Morgan fingerprint density at radius 1 is 1.10 bits per heavy atom. The van der Waals surface area contributed by atoms with Gasteiger partial charge in [0, 0.05) is 52.2 Å². The van der Waals surface area contributed by atoms with Crippen LogP contribution in [0.2, 0.25) is 5.02 Å². The van der Waals surface area contributed by atoms with Gasteiger partial charge in [0.25, 0.3) is 11.1 Å². The molecule has 2 unspecified atom stereocenters. The molecule has 0 radical (unpaired) electrons. The van der Waals surface area contributed by atoms with E-state index < -0.39 is 35.8 Å². The number of rotatable bonds is 4. The van der Waals surface area contributed by atoms with Gasteiger partial charge in [0.15, 0.2) is 5.65 Å². The lowest BCUT2D eigenvalue weighted by Crippen LogP contribution is -2.29. The quantitative estimate of drug-likeness (QED) is 0.306. The smallest absolute Gasteiger partial charge is 0.373 e. The zero-order valence-corrected chi connectivity index (χ0v) is 21.7. The standard InChI is InChI=1S/C27H23ClF4N4O3/c1-14-15(2)33-25-20(19-5-4-18(28)10-21(19)29)11-22(34-36(25)26(14)38)16-7-8-39-23(9-16)17-3-6-24(37)35(12-17)13-27(30,31)32/h3-6,10-12,16,23H,7-9,13H2,1-2H3. The van der Waals surface area contributed by atoms with Gasteiger partial charge in [0.2, 0.25) is 0 Å². The summed E-state index contributed by atoms with van der Waals surface area (Å²) in [6.07, 6.45) is -3.19. The molecule has 1 aliphatic rings. The summed E-state index contributed by atoms with van der Waals surface area (Å²) in [5.74, 6) is -0.871. The number of fused-ring (bicyclic) bond motifs is 1. The summed E-state index contributed by atoms with van der Waals surface area (Å²) < 4.78 is 61.5. The molecule has 3 aromatic heterocycles. The minimum absolute atomic E-state index is 0.191. The highest BCUT2D eigenvalue weighted by molar-refractivity contribution is 6.30. The van der Waals surface area contributed by atoms with Crippen LogP contribution >= 0.6 is 11.6 Å². The maximum atomic E-state index is 15.0. The molecule has 2 atom stereocenters. The van der Waals surface area contributed by atoms with Crippen molar-refractivity contribution in [2.75, 3.05) is 6.61 Å². The topological polar surface area (TPSA) is 78.5 Å². The number of hydrogen-bond donors (Lipinski definition) is 0. The van der Waals surface area contributed by atoms with E-state index in [4.69, 9.17) is 16.3 Å². The van der Waals surface area contributed by atoms with E-state index in [2.05, 4.69) is 10.1 Å². The molecule has 4 heterocycles. The predicted octanol–water partition coefficient (Wildman–Crippen LogP) is 5.53. The first-order valence-corrected chi connectivity index (χ1v) is 12.5. The number of aromatic nitrogens is 4. The summed E-state index contributed by atoms with van der Waals surface area (Å²) in [5, 5.41) is 4.79. The molecule has 0 amide bonds. The van der Waals surface area contributed by atoms with E-state index in [0.29, 0.717) is 45.5 Å². The van der Waals surface area contributed by atoms with Crippen molar-refractivity contribution in [3.8, 4) is 11.1 Å². The molecule has 1 saturated heterocycles. The summed E-state index contributed by atoms with van der Waals surface area (Å²) in [7, 11) is 0. The summed E-state index contributed by atoms with van der Waals surface area (Å²) >= 11 is 5.96. The van der Waals surface area contributed by atoms with Crippen LogP contribution < -0.4 is 11.1 Å². The van der Waals surface area contributed by atoms with Crippen molar-refractivity contribution in [1.82, 2.24) is 19.2 Å². The Morgan fingerprint density at radius 3 is 2.59 bits per heavy atom. The van der Waals surface area contributed by atoms with Gasteiger partial charge in [-0.3, -0.25) is 9.59 Å². The maximum absolute atomic E-state index is 15.0. The molecule has 1 aromatic carbocycles. The minimum atomic E-state index is -4.56. The second-order valence-electron chi connectivity index (χ2n) is 9.59. The first-order chi connectivity index (χ1) is 18.4. The van der Waals surface area contributed by atoms with Gasteiger partial charge in [-0.25, -0.2) is 9.37 Å². The molecule has 12 heteroatoms. The van der Waals surface area contributed by atoms with E-state index in [1.165, 1.54) is 24.3 Å². The fourth-order valence-corrected chi connectivity index (χ4v) is 4.94. The summed E-state index contributed by atoms with van der Waals surface area (Å²) in [5.41, 5.74) is 1.37. The van der Waals surface area contributed by atoms with E-state index in [1.54, 1.807) is 19.9 Å². The molecule has 0 bridgehead atoms. The summed E-state index contributed by atoms with van der Waals surface area (Å²) in [4.78, 5) is 29.7. The normalized spacial score (nSPS) is 18.0. The van der Waals surface area contributed by atoms with Crippen LogP contribution in [0.1, 0.15) is 47.4 Å². The van der Waals surface area contributed by atoms with Crippen LogP contribution in [-0.4, -0.2) is 31.9 Å². The Balaban J connectivity index is 1.59. The van der Waals surface area contributed by atoms with Gasteiger partial charge < -0.3 is 9.30 Å². The Morgan fingerprint density at radius 2 is 1.87 bits per heavy atom. The molecule has 1 fully saturated rings. The van der Waals surface area contributed by atoms with Crippen LogP contribution in [0.4, 0.5) is 17.6 Å². The Kier molecular flexibility index (Phi) is 7.06. The maximum Gasteiger partial charge on any atom is 0.406 e. The Hall–Kier alpha value is -3.57. The first kappa shape index (κ1) is 27.0. The van der Waals surface area contributed by atoms with Crippen molar-refractivity contribution in [2.24, 2.45) is 0 Å². The highest BCUT2D eigenvalue weighted by atomic mass is 35.5. The van der Waals surface area contributed by atoms with E-state index in [0.717, 1.165) is 16.8 Å². The molecule has 39 heavy (non-hydrogen) atoms. The highest BCUT2D eigenvalue weighted by Gasteiger charge is 2.31. The van der Waals surface area contributed by atoms with Crippen molar-refractivity contribution < 1.29 is 22.3 Å². The SMILES string of the molecule is Cc1nc2c(-c3ccc(Cl)cc3F)cc(C3CCOC(c4ccc(=O)n(CC(F)(F)F)c4)C3)nn2c(=O)c1C. The fourth-order valence-electron chi connectivity index (χ4n) is 4.78. The zero-order chi connectivity index (χ0) is 28.1. The molecule has 0 N–H and O–H groups in total. The summed E-state index contributed by atoms with van der Waals surface area (Å²) in [6, 6.07) is 8.43. The van der Waals surface area contributed by atoms with Crippen molar-refractivity contribution >= 4 is 17.2 Å². The molecule has 204 valence electrons. The fraction of sp³-hybridized carbons (Fsp3) is 0.333. The predicted molar refractivity (Wildman–Crippen MR) is 137 cm³/mol. The second kappa shape index (κ2) is 10.2. The van der Waals surface area contributed by atoms with Gasteiger partial charge in [0.05, 0.1) is 11.8 Å². The number of aryl methyl sites for hydroxylation is 1. The molecular formula is C27H23ClF4N4O3. The Bertz CT molecular complexity index is 1700. The van der Waals surface area contributed by atoms with Gasteiger partial charge >= 0.3 is 6.18 Å². The van der Waals surface area contributed by atoms with Crippen LogP contribution in [0.15, 0.2) is 52.2 Å². The number of hydrogen-bond acceptors (Lipinski definition) is 5. The van der Waals surface area contributed by atoms with Gasteiger partial charge in [-0.1, -0.05) is 11.6 Å². The lowest BCUT2D eigenvalue weighted by molar-refractivity contribution is -0.141. The monoisotopic (exact) mass is 562 g/mol. The third-order valence-electron chi connectivity index (χ3n) is 6.93. The first-order valence-electron chi connectivity index (χ1n) is 12.2. The molecule has 0 saturated carbocycles. The molecule has 4 aromatic rings. The molecule has 1 aliphatic heterocycles.